The minimum Gasteiger partial charge on any atom is -0.328 e. The summed E-state index contributed by atoms with van der Waals surface area (Å²) in [5, 5.41) is 0. The van der Waals surface area contributed by atoms with Gasteiger partial charge in [0.25, 0.3) is 0 Å². The number of hydrogen-bond donors (Lipinski definition) is 0. The Balaban J connectivity index is 1.69. The molecule has 0 aliphatic carbocycles. The Labute approximate surface area is 195 Å². The van der Waals surface area contributed by atoms with Gasteiger partial charge in [0.15, 0.2) is 5.78 Å². The molecule has 0 unspecified atom stereocenters. The van der Waals surface area contributed by atoms with Gasteiger partial charge in [-0.3, -0.25) is 9.69 Å². The Bertz CT molecular complexity index is 1080. The van der Waals surface area contributed by atoms with Gasteiger partial charge in [-0.15, -0.1) is 18.3 Å². The van der Waals surface area contributed by atoms with Crippen LogP contribution in [0, 0.1) is 27.7 Å². The number of hydrogen-bond acceptors (Lipinski definition) is 4. The Kier molecular flexibility index (Phi) is 7.46. The van der Waals surface area contributed by atoms with E-state index >= 15 is 0 Å². The third-order valence-electron chi connectivity index (χ3n) is 5.71. The van der Waals surface area contributed by atoms with E-state index in [0.717, 1.165) is 27.3 Å². The number of ketones is 1. The third kappa shape index (κ3) is 5.25. The molecule has 1 aliphatic heterocycles. The predicted octanol–water partition coefficient (Wildman–Crippen LogP) is 5.68. The van der Waals surface area contributed by atoms with Crippen LogP contribution in [0.4, 0.5) is 10.5 Å². The Morgan fingerprint density at radius 2 is 1.78 bits per heavy atom. The number of carbonyl (C=O) groups is 2. The van der Waals surface area contributed by atoms with Crippen LogP contribution < -0.4 is 4.90 Å². The van der Waals surface area contributed by atoms with Gasteiger partial charge in [0.05, 0.1) is 5.75 Å². The van der Waals surface area contributed by atoms with Crippen LogP contribution in [0.1, 0.15) is 32.6 Å². The lowest BCUT2D eigenvalue weighted by Crippen LogP contribution is -2.39. The molecule has 0 saturated carbocycles. The van der Waals surface area contributed by atoms with E-state index in [9.17, 15) is 9.59 Å². The first-order valence-electron chi connectivity index (χ1n) is 10.6. The van der Waals surface area contributed by atoms with Crippen molar-refractivity contribution in [1.29, 1.82) is 0 Å². The average Bonchev–Trinajstić information content (AvgIpc) is 3.25. The summed E-state index contributed by atoms with van der Waals surface area (Å²) in [5.74, 6) is 0.532. The zero-order valence-corrected chi connectivity index (χ0v) is 20.3. The second-order valence-corrected chi connectivity index (χ2v) is 9.29. The number of amides is 2. The summed E-state index contributed by atoms with van der Waals surface area (Å²) < 4.78 is 0. The van der Waals surface area contributed by atoms with Crippen LogP contribution >= 0.6 is 11.8 Å². The molecule has 168 valence electrons. The average molecular weight is 450 g/mol. The summed E-state index contributed by atoms with van der Waals surface area (Å²) in [4.78, 5) is 31.9. The first-order valence-corrected chi connectivity index (χ1v) is 11.6. The number of benzene rings is 2. The van der Waals surface area contributed by atoms with Crippen LogP contribution in [0.2, 0.25) is 0 Å². The number of Topliss-reactive ketones (excluding diaryl/α,β-unsaturated/α-hetero) is 1. The van der Waals surface area contributed by atoms with E-state index in [2.05, 4.69) is 38.6 Å². The van der Waals surface area contributed by atoms with Crippen molar-refractivity contribution in [3.8, 4) is 0 Å². The molecular weight excluding hydrogens is 418 g/mol. The van der Waals surface area contributed by atoms with E-state index in [4.69, 9.17) is 0 Å². The fourth-order valence-corrected chi connectivity index (χ4v) is 4.51. The third-order valence-corrected chi connectivity index (χ3v) is 6.70. The second-order valence-electron chi connectivity index (χ2n) is 8.24. The van der Waals surface area contributed by atoms with Crippen LogP contribution in [0.3, 0.4) is 0 Å². The smallest absolute Gasteiger partial charge is 0.325 e. The first-order chi connectivity index (χ1) is 15.2. The van der Waals surface area contributed by atoms with Gasteiger partial charge in [-0.2, -0.15) is 0 Å². The summed E-state index contributed by atoms with van der Waals surface area (Å²) in [6.07, 6.45) is 5.39. The van der Waals surface area contributed by atoms with Crippen molar-refractivity contribution in [3.05, 3.63) is 83.2 Å². The van der Waals surface area contributed by atoms with Gasteiger partial charge in [-0.25, -0.2) is 4.79 Å². The number of rotatable bonds is 7. The molecule has 5 nitrogen and oxygen atoms in total. The molecule has 0 atom stereocenters. The number of likely N-dealkylation sites (N-methyl/N-ethyl adjacent to an activating group) is 1. The largest absolute Gasteiger partial charge is 0.328 e. The highest BCUT2D eigenvalue weighted by Gasteiger charge is 2.24. The fourth-order valence-electron chi connectivity index (χ4n) is 3.63. The van der Waals surface area contributed by atoms with E-state index in [-0.39, 0.29) is 11.8 Å². The number of carbonyl (C=O) groups excluding carboxylic acids is 2. The number of anilines is 1. The predicted molar refractivity (Wildman–Crippen MR) is 133 cm³/mol. The second kappa shape index (κ2) is 10.1. The van der Waals surface area contributed by atoms with E-state index in [0.29, 0.717) is 19.0 Å². The Morgan fingerprint density at radius 1 is 1.03 bits per heavy atom. The van der Waals surface area contributed by atoms with Crippen LogP contribution in [0.15, 0.2) is 60.3 Å². The van der Waals surface area contributed by atoms with Crippen molar-refractivity contribution in [2.45, 2.75) is 32.6 Å². The number of thioether (sulfide) groups is 1. The summed E-state index contributed by atoms with van der Waals surface area (Å²) in [6.45, 7) is 12.8. The van der Waals surface area contributed by atoms with Crippen molar-refractivity contribution >= 4 is 29.3 Å². The van der Waals surface area contributed by atoms with E-state index in [1.807, 2.05) is 37.1 Å². The van der Waals surface area contributed by atoms with Gasteiger partial charge in [0, 0.05) is 42.1 Å². The maximum Gasteiger partial charge on any atom is 0.325 e. The maximum absolute atomic E-state index is 12.9. The number of aryl methyl sites for hydroxylation is 4. The van der Waals surface area contributed by atoms with Crippen molar-refractivity contribution in [3.63, 3.8) is 0 Å². The summed E-state index contributed by atoms with van der Waals surface area (Å²) >= 11 is 1.57. The molecule has 0 radical (unpaired) electrons. The van der Waals surface area contributed by atoms with E-state index < -0.39 is 0 Å². The summed E-state index contributed by atoms with van der Waals surface area (Å²) in [7, 11) is 1.76. The quantitative estimate of drug-likeness (QED) is 0.310. The van der Waals surface area contributed by atoms with Crippen molar-refractivity contribution < 1.29 is 9.59 Å². The summed E-state index contributed by atoms with van der Waals surface area (Å²) in [5.41, 5.74) is 6.20. The molecule has 0 saturated heterocycles. The molecule has 0 bridgehead atoms. The van der Waals surface area contributed by atoms with Gasteiger partial charge in [-0.1, -0.05) is 12.1 Å². The lowest BCUT2D eigenvalue weighted by molar-refractivity contribution is 0.102. The van der Waals surface area contributed by atoms with Gasteiger partial charge < -0.3 is 9.80 Å². The van der Waals surface area contributed by atoms with E-state index in [1.54, 1.807) is 40.9 Å². The first kappa shape index (κ1) is 23.7. The van der Waals surface area contributed by atoms with E-state index in [1.165, 1.54) is 11.1 Å². The van der Waals surface area contributed by atoms with Gasteiger partial charge in [0.1, 0.15) is 6.67 Å². The minimum absolute atomic E-state index is 0.0757. The van der Waals surface area contributed by atoms with Crippen LogP contribution in [-0.2, 0) is 0 Å². The van der Waals surface area contributed by atoms with Crippen LogP contribution in [0.25, 0.3) is 0 Å². The lowest BCUT2D eigenvalue weighted by atomic mass is 10.0. The molecule has 0 fully saturated rings. The van der Waals surface area contributed by atoms with Gasteiger partial charge in [-0.05, 0) is 74.2 Å². The van der Waals surface area contributed by atoms with Crippen molar-refractivity contribution in [1.82, 2.24) is 9.80 Å². The molecule has 2 aromatic rings. The SMILES string of the molecule is C=CCN(C)C(=O)N1C=CN(c2cc(C)c(C(=O)CSc3ccc(C)c(C)c3)cc2C)C1. The van der Waals surface area contributed by atoms with Crippen LogP contribution in [-0.4, -0.2) is 47.6 Å². The molecule has 3 rings (SSSR count). The highest BCUT2D eigenvalue weighted by atomic mass is 32.2. The Hall–Kier alpha value is -2.99. The summed E-state index contributed by atoms with van der Waals surface area (Å²) in [6, 6.07) is 10.2. The minimum atomic E-state index is -0.0757. The highest BCUT2D eigenvalue weighted by Crippen LogP contribution is 2.29. The van der Waals surface area contributed by atoms with Gasteiger partial charge in [0.2, 0.25) is 0 Å². The molecule has 32 heavy (non-hydrogen) atoms. The zero-order valence-electron chi connectivity index (χ0n) is 19.5. The molecule has 0 aromatic heterocycles. The van der Waals surface area contributed by atoms with Crippen LogP contribution in [0.5, 0.6) is 0 Å². The Morgan fingerprint density at radius 3 is 2.47 bits per heavy atom. The monoisotopic (exact) mass is 449 g/mol. The molecule has 2 amide bonds. The lowest BCUT2D eigenvalue weighted by Gasteiger charge is -2.25. The standard InChI is InChI=1S/C26H31N3O2S/c1-7-10-27(6)26(31)29-12-11-28(17-29)24-15-20(4)23(14-21(24)5)25(30)16-32-22-9-8-18(2)19(3)13-22/h7-9,11-15H,1,10,16-17H2,2-6H3. The fraction of sp³-hybridized carbons (Fsp3) is 0.308. The molecule has 6 heteroatoms. The molecule has 1 aliphatic rings. The highest BCUT2D eigenvalue weighted by molar-refractivity contribution is 8.00. The van der Waals surface area contributed by atoms with Crippen molar-refractivity contribution in [2.24, 2.45) is 0 Å². The topological polar surface area (TPSA) is 43.9 Å². The molecule has 0 N–H and O–H groups in total. The normalized spacial score (nSPS) is 12.9. The number of urea groups is 1. The molecule has 0 spiro atoms. The zero-order chi connectivity index (χ0) is 23.4. The van der Waals surface area contributed by atoms with Gasteiger partial charge >= 0.3 is 6.03 Å². The van der Waals surface area contributed by atoms with Crippen molar-refractivity contribution in [2.75, 3.05) is 30.9 Å². The molecular formula is C26H31N3O2S. The molecule has 2 aromatic carbocycles. The maximum atomic E-state index is 12.9. The number of nitrogens with zero attached hydrogens (tertiary/aromatic N) is 3. The molecule has 1 heterocycles.